The molecule has 1 aromatic carbocycles. The maximum atomic E-state index is 13.3. The van der Waals surface area contributed by atoms with E-state index in [4.69, 9.17) is 11.6 Å². The fourth-order valence-electron chi connectivity index (χ4n) is 1.12. The van der Waals surface area contributed by atoms with E-state index in [-0.39, 0.29) is 4.47 Å². The molecule has 0 aliphatic rings. The van der Waals surface area contributed by atoms with Crippen molar-refractivity contribution in [2.75, 3.05) is 0 Å². The maximum Gasteiger partial charge on any atom is 0.186 e. The fourth-order valence-corrected chi connectivity index (χ4v) is 1.63. The largest absolute Gasteiger partial charge is 0.292 e. The molecule has 1 rings (SSSR count). The molecule has 1 nitrogen and oxygen atoms in total. The van der Waals surface area contributed by atoms with Gasteiger partial charge in [0.25, 0.3) is 0 Å². The summed E-state index contributed by atoms with van der Waals surface area (Å²) in [4.78, 5) is 11.5. The van der Waals surface area contributed by atoms with Gasteiger partial charge in [-0.1, -0.05) is 22.9 Å². The van der Waals surface area contributed by atoms with E-state index >= 15 is 0 Å². The number of alkyl halides is 1. The van der Waals surface area contributed by atoms with Crippen LogP contribution in [0.1, 0.15) is 23.7 Å². The Bertz CT molecular complexity index is 372. The zero-order valence-electron chi connectivity index (χ0n) is 7.86. The molecule has 0 radical (unpaired) electrons. The molecule has 1 atom stereocenters. The first kappa shape index (κ1) is 12.6. The smallest absolute Gasteiger partial charge is 0.186 e. The van der Waals surface area contributed by atoms with Gasteiger partial charge in [-0.25, -0.2) is 8.78 Å². The first-order valence-corrected chi connectivity index (χ1v) is 5.53. The van der Waals surface area contributed by atoms with Crippen LogP contribution in [0.2, 0.25) is 0 Å². The van der Waals surface area contributed by atoms with Crippen LogP contribution in [0.15, 0.2) is 16.6 Å². The molecule has 0 aliphatic heterocycles. The van der Waals surface area contributed by atoms with Crippen LogP contribution < -0.4 is 0 Å². The lowest BCUT2D eigenvalue weighted by Gasteiger charge is -2.08. The number of carbonyl (C=O) groups is 1. The molecule has 0 amide bonds. The van der Waals surface area contributed by atoms with E-state index in [1.165, 1.54) is 0 Å². The van der Waals surface area contributed by atoms with Gasteiger partial charge < -0.3 is 0 Å². The maximum absolute atomic E-state index is 13.3. The summed E-state index contributed by atoms with van der Waals surface area (Å²) in [6, 6.07) is 2.07. The molecule has 0 saturated heterocycles. The van der Waals surface area contributed by atoms with Gasteiger partial charge >= 0.3 is 0 Å². The molecule has 82 valence electrons. The number of rotatable bonds is 3. The van der Waals surface area contributed by atoms with Crippen LogP contribution >= 0.6 is 27.5 Å². The third-order valence-corrected chi connectivity index (χ3v) is 2.86. The molecule has 0 aliphatic carbocycles. The van der Waals surface area contributed by atoms with Crippen molar-refractivity contribution in [1.82, 2.24) is 0 Å². The van der Waals surface area contributed by atoms with E-state index in [9.17, 15) is 13.6 Å². The summed E-state index contributed by atoms with van der Waals surface area (Å²) >= 11 is 8.57. The Morgan fingerprint density at radius 2 is 1.93 bits per heavy atom. The second-order valence-corrected chi connectivity index (χ2v) is 4.43. The van der Waals surface area contributed by atoms with Crippen molar-refractivity contribution in [2.24, 2.45) is 0 Å². The Morgan fingerprint density at radius 3 is 2.33 bits per heavy atom. The lowest BCUT2D eigenvalue weighted by molar-refractivity contribution is 0.0977. The lowest BCUT2D eigenvalue weighted by Crippen LogP contribution is -2.17. The van der Waals surface area contributed by atoms with Crippen LogP contribution in [0, 0.1) is 11.6 Å². The van der Waals surface area contributed by atoms with Crippen molar-refractivity contribution in [3.05, 3.63) is 33.8 Å². The summed E-state index contributed by atoms with van der Waals surface area (Å²) < 4.78 is 26.9. The summed E-state index contributed by atoms with van der Waals surface area (Å²) in [5.41, 5.74) is -0.569. The van der Waals surface area contributed by atoms with Crippen molar-refractivity contribution < 1.29 is 13.6 Å². The third kappa shape index (κ3) is 2.75. The topological polar surface area (TPSA) is 17.1 Å². The van der Waals surface area contributed by atoms with Crippen molar-refractivity contribution in [3.8, 4) is 0 Å². The standard InChI is InChI=1S/C10H8BrClF2O/c1-2-6(12)10(15)9-7(13)3-5(11)4-8(9)14/h3-4,6H,2H2,1H3. The van der Waals surface area contributed by atoms with E-state index in [0.29, 0.717) is 6.42 Å². The quantitative estimate of drug-likeness (QED) is 0.610. The molecule has 1 unspecified atom stereocenters. The zero-order chi connectivity index (χ0) is 11.6. The molecular weight excluding hydrogens is 289 g/mol. The summed E-state index contributed by atoms with van der Waals surface area (Å²) in [6.07, 6.45) is 0.329. The Labute approximate surface area is 99.6 Å². The summed E-state index contributed by atoms with van der Waals surface area (Å²) in [7, 11) is 0. The van der Waals surface area contributed by atoms with Crippen LogP contribution in [0.3, 0.4) is 0 Å². The monoisotopic (exact) mass is 296 g/mol. The van der Waals surface area contributed by atoms with Crippen LogP contribution in [0.4, 0.5) is 8.78 Å². The number of halogens is 4. The van der Waals surface area contributed by atoms with Crippen molar-refractivity contribution in [1.29, 1.82) is 0 Å². The molecule has 0 aromatic heterocycles. The second kappa shape index (κ2) is 5.03. The van der Waals surface area contributed by atoms with Gasteiger partial charge in [0.15, 0.2) is 5.78 Å². The molecular formula is C10H8BrClF2O. The van der Waals surface area contributed by atoms with Gasteiger partial charge in [-0.3, -0.25) is 4.79 Å². The van der Waals surface area contributed by atoms with Crippen molar-refractivity contribution >= 4 is 33.3 Å². The summed E-state index contributed by atoms with van der Waals surface area (Å²) in [5.74, 6) is -2.52. The van der Waals surface area contributed by atoms with E-state index < -0.39 is 28.4 Å². The Hall–Kier alpha value is -0.480. The normalized spacial score (nSPS) is 12.6. The van der Waals surface area contributed by atoms with Crippen LogP contribution in [0.25, 0.3) is 0 Å². The van der Waals surface area contributed by atoms with Crippen molar-refractivity contribution in [3.63, 3.8) is 0 Å². The first-order valence-electron chi connectivity index (χ1n) is 4.30. The number of benzene rings is 1. The van der Waals surface area contributed by atoms with Gasteiger partial charge in [0, 0.05) is 4.47 Å². The minimum absolute atomic E-state index is 0.247. The summed E-state index contributed by atoms with van der Waals surface area (Å²) in [6.45, 7) is 1.67. The molecule has 0 saturated carbocycles. The highest BCUT2D eigenvalue weighted by molar-refractivity contribution is 9.10. The van der Waals surface area contributed by atoms with E-state index in [2.05, 4.69) is 15.9 Å². The SMILES string of the molecule is CCC(Cl)C(=O)c1c(F)cc(Br)cc1F. The summed E-state index contributed by atoms with van der Waals surface area (Å²) in [5, 5.41) is -0.893. The molecule has 0 spiro atoms. The molecule has 0 fully saturated rings. The average Bonchev–Trinajstić information content (AvgIpc) is 2.14. The molecule has 0 bridgehead atoms. The Kier molecular flexibility index (Phi) is 4.22. The van der Waals surface area contributed by atoms with Gasteiger partial charge in [0.05, 0.1) is 10.9 Å². The van der Waals surface area contributed by atoms with Gasteiger partial charge in [-0.2, -0.15) is 0 Å². The highest BCUT2D eigenvalue weighted by Gasteiger charge is 2.23. The highest BCUT2D eigenvalue weighted by atomic mass is 79.9. The van der Waals surface area contributed by atoms with Gasteiger partial charge in [-0.15, -0.1) is 11.6 Å². The Morgan fingerprint density at radius 1 is 1.47 bits per heavy atom. The van der Waals surface area contributed by atoms with E-state index in [0.717, 1.165) is 12.1 Å². The molecule has 15 heavy (non-hydrogen) atoms. The van der Waals surface area contributed by atoms with Gasteiger partial charge in [0.2, 0.25) is 0 Å². The van der Waals surface area contributed by atoms with Crippen molar-refractivity contribution in [2.45, 2.75) is 18.7 Å². The number of carbonyl (C=O) groups excluding carboxylic acids is 1. The minimum Gasteiger partial charge on any atom is -0.292 e. The minimum atomic E-state index is -0.897. The predicted molar refractivity (Wildman–Crippen MR) is 58.3 cm³/mol. The highest BCUT2D eigenvalue weighted by Crippen LogP contribution is 2.22. The second-order valence-electron chi connectivity index (χ2n) is 2.98. The molecule has 0 N–H and O–H groups in total. The van der Waals surface area contributed by atoms with E-state index in [1.54, 1.807) is 6.92 Å². The lowest BCUT2D eigenvalue weighted by atomic mass is 10.1. The molecule has 5 heteroatoms. The van der Waals surface area contributed by atoms with Crippen LogP contribution in [-0.4, -0.2) is 11.2 Å². The van der Waals surface area contributed by atoms with Gasteiger partial charge in [-0.05, 0) is 18.6 Å². The van der Waals surface area contributed by atoms with E-state index in [1.807, 2.05) is 0 Å². The number of hydrogen-bond acceptors (Lipinski definition) is 1. The van der Waals surface area contributed by atoms with Gasteiger partial charge in [0.1, 0.15) is 11.6 Å². The van der Waals surface area contributed by atoms with Crippen LogP contribution in [-0.2, 0) is 0 Å². The fraction of sp³-hybridized carbons (Fsp3) is 0.300. The average molecular weight is 298 g/mol. The zero-order valence-corrected chi connectivity index (χ0v) is 10.2. The van der Waals surface area contributed by atoms with Crippen LogP contribution in [0.5, 0.6) is 0 Å². The predicted octanol–water partition coefficient (Wildman–Crippen LogP) is 3.93. The number of ketones is 1. The molecule has 1 aromatic rings. The first-order chi connectivity index (χ1) is 6.97. The third-order valence-electron chi connectivity index (χ3n) is 1.90. The number of Topliss-reactive ketones (excluding diaryl/α,β-unsaturated/α-hetero) is 1. The number of hydrogen-bond donors (Lipinski definition) is 0. The Balaban J connectivity index is 3.20. The molecule has 0 heterocycles.